The van der Waals surface area contributed by atoms with E-state index in [1.54, 1.807) is 12.1 Å². The van der Waals surface area contributed by atoms with Gasteiger partial charge in [0.25, 0.3) is 0 Å². The molecular weight excluding hydrogens is 284 g/mol. The maximum atomic E-state index is 11.9. The van der Waals surface area contributed by atoms with Gasteiger partial charge in [0, 0.05) is 11.8 Å². The van der Waals surface area contributed by atoms with Crippen LogP contribution in [0, 0.1) is 0 Å². The van der Waals surface area contributed by atoms with Crippen LogP contribution in [0.2, 0.25) is 0 Å². The van der Waals surface area contributed by atoms with Crippen LogP contribution in [0.5, 0.6) is 5.75 Å². The maximum absolute atomic E-state index is 11.9. The maximum Gasteiger partial charge on any atom is 0.341 e. The molecule has 1 atom stereocenters. The lowest BCUT2D eigenvalue weighted by molar-refractivity contribution is 0.0594. The van der Waals surface area contributed by atoms with E-state index in [0.717, 1.165) is 10.8 Å². The minimum Gasteiger partial charge on any atom is -0.489 e. The Labute approximate surface area is 132 Å². The standard InChI is InChI=1S/C17H18O3.H2S/c1-4-7-12(2)20-16-14-9-6-5-8-13(14)10-11-15(16)17(18)19-3;/h4-6,8-12H,1,7H2,2-3H3;1H2/t12-;/m0./s1. The first kappa shape index (κ1) is 17.1. The van der Waals surface area contributed by atoms with E-state index in [1.807, 2.05) is 37.3 Å². The average molecular weight is 304 g/mol. The number of carbonyl (C=O) groups excluding carboxylic acids is 1. The summed E-state index contributed by atoms with van der Waals surface area (Å²) in [7, 11) is 1.37. The van der Waals surface area contributed by atoms with Crippen LogP contribution in [0.3, 0.4) is 0 Å². The second kappa shape index (κ2) is 7.74. The van der Waals surface area contributed by atoms with Crippen molar-refractivity contribution in [3.63, 3.8) is 0 Å². The van der Waals surface area contributed by atoms with Gasteiger partial charge in [-0.2, -0.15) is 13.5 Å². The normalized spacial score (nSPS) is 11.3. The SMILES string of the molecule is C=CC[C@H](C)Oc1c(C(=O)OC)ccc2ccccc12.S. The molecule has 0 amide bonds. The van der Waals surface area contributed by atoms with Gasteiger partial charge in [-0.25, -0.2) is 4.79 Å². The topological polar surface area (TPSA) is 35.5 Å². The number of rotatable bonds is 5. The molecule has 112 valence electrons. The highest BCUT2D eigenvalue weighted by atomic mass is 32.1. The molecule has 0 aromatic heterocycles. The number of carbonyl (C=O) groups is 1. The molecule has 0 spiro atoms. The molecule has 0 aliphatic carbocycles. The Morgan fingerprint density at radius 2 is 2.00 bits per heavy atom. The molecule has 3 nitrogen and oxygen atoms in total. The number of fused-ring (bicyclic) bond motifs is 1. The Kier molecular flexibility index (Phi) is 6.31. The van der Waals surface area contributed by atoms with Crippen molar-refractivity contribution in [1.29, 1.82) is 0 Å². The molecule has 0 unspecified atom stereocenters. The van der Waals surface area contributed by atoms with Gasteiger partial charge in [0.05, 0.1) is 13.2 Å². The summed E-state index contributed by atoms with van der Waals surface area (Å²) in [6.45, 7) is 5.66. The Morgan fingerprint density at radius 3 is 2.67 bits per heavy atom. The molecule has 0 heterocycles. The van der Waals surface area contributed by atoms with Crippen molar-refractivity contribution in [2.75, 3.05) is 7.11 Å². The minimum atomic E-state index is -0.392. The second-order valence-electron chi connectivity index (χ2n) is 4.61. The van der Waals surface area contributed by atoms with E-state index in [1.165, 1.54) is 7.11 Å². The summed E-state index contributed by atoms with van der Waals surface area (Å²) >= 11 is 0. The Bertz CT molecular complexity index is 637. The fourth-order valence-electron chi connectivity index (χ4n) is 2.12. The van der Waals surface area contributed by atoms with Crippen LogP contribution in [0.25, 0.3) is 10.8 Å². The Balaban J connectivity index is 0.00000220. The molecular formula is C17H20O3S. The minimum absolute atomic E-state index is 0. The molecule has 0 aliphatic rings. The summed E-state index contributed by atoms with van der Waals surface area (Å²) < 4.78 is 10.8. The highest BCUT2D eigenvalue weighted by Gasteiger charge is 2.17. The average Bonchev–Trinajstić information content (AvgIpc) is 2.47. The molecule has 2 aromatic rings. The first-order chi connectivity index (χ1) is 9.67. The highest BCUT2D eigenvalue weighted by molar-refractivity contribution is 7.59. The zero-order valence-electron chi connectivity index (χ0n) is 12.3. The number of ether oxygens (including phenoxy) is 2. The van der Waals surface area contributed by atoms with E-state index in [0.29, 0.717) is 17.7 Å². The van der Waals surface area contributed by atoms with E-state index >= 15 is 0 Å². The van der Waals surface area contributed by atoms with Crippen LogP contribution in [0.1, 0.15) is 23.7 Å². The number of methoxy groups -OCH3 is 1. The summed E-state index contributed by atoms with van der Waals surface area (Å²) in [5, 5.41) is 1.94. The van der Waals surface area contributed by atoms with E-state index in [9.17, 15) is 4.79 Å². The van der Waals surface area contributed by atoms with Crippen molar-refractivity contribution in [3.05, 3.63) is 54.6 Å². The van der Waals surface area contributed by atoms with Gasteiger partial charge in [0.1, 0.15) is 11.3 Å². The van der Waals surface area contributed by atoms with Crippen LogP contribution in [-0.4, -0.2) is 19.2 Å². The van der Waals surface area contributed by atoms with Gasteiger partial charge in [-0.3, -0.25) is 0 Å². The third-order valence-electron chi connectivity index (χ3n) is 3.10. The van der Waals surface area contributed by atoms with E-state index in [4.69, 9.17) is 9.47 Å². The van der Waals surface area contributed by atoms with Crippen LogP contribution >= 0.6 is 13.5 Å². The van der Waals surface area contributed by atoms with Crippen molar-refractivity contribution in [2.45, 2.75) is 19.4 Å². The van der Waals surface area contributed by atoms with Crippen LogP contribution in [0.15, 0.2) is 49.1 Å². The van der Waals surface area contributed by atoms with Crippen molar-refractivity contribution in [3.8, 4) is 5.75 Å². The van der Waals surface area contributed by atoms with Crippen molar-refractivity contribution < 1.29 is 14.3 Å². The number of esters is 1. The van der Waals surface area contributed by atoms with E-state index in [2.05, 4.69) is 6.58 Å². The first-order valence-corrected chi connectivity index (χ1v) is 6.55. The lowest BCUT2D eigenvalue weighted by Crippen LogP contribution is -2.14. The zero-order valence-corrected chi connectivity index (χ0v) is 13.3. The molecule has 0 saturated carbocycles. The third-order valence-corrected chi connectivity index (χ3v) is 3.10. The molecule has 2 aromatic carbocycles. The fraction of sp³-hybridized carbons (Fsp3) is 0.235. The number of hydrogen-bond donors (Lipinski definition) is 0. The van der Waals surface area contributed by atoms with Crippen molar-refractivity contribution in [2.24, 2.45) is 0 Å². The predicted octanol–water partition coefficient (Wildman–Crippen LogP) is 4.08. The van der Waals surface area contributed by atoms with Gasteiger partial charge >= 0.3 is 5.97 Å². The molecule has 2 rings (SSSR count). The summed E-state index contributed by atoms with van der Waals surface area (Å²) in [4.78, 5) is 11.9. The quantitative estimate of drug-likeness (QED) is 0.616. The largest absolute Gasteiger partial charge is 0.489 e. The van der Waals surface area contributed by atoms with Crippen LogP contribution < -0.4 is 4.74 Å². The number of benzene rings is 2. The molecule has 0 radical (unpaired) electrons. The lowest BCUT2D eigenvalue weighted by atomic mass is 10.0. The number of hydrogen-bond acceptors (Lipinski definition) is 3. The smallest absolute Gasteiger partial charge is 0.341 e. The summed E-state index contributed by atoms with van der Waals surface area (Å²) in [6, 6.07) is 11.4. The summed E-state index contributed by atoms with van der Waals surface area (Å²) in [5.74, 6) is 0.181. The molecule has 0 bridgehead atoms. The van der Waals surface area contributed by atoms with Gasteiger partial charge in [0.15, 0.2) is 0 Å². The monoisotopic (exact) mass is 304 g/mol. The Morgan fingerprint density at radius 1 is 1.29 bits per heavy atom. The molecule has 0 N–H and O–H groups in total. The third kappa shape index (κ3) is 3.79. The van der Waals surface area contributed by atoms with Crippen LogP contribution in [0.4, 0.5) is 0 Å². The summed E-state index contributed by atoms with van der Waals surface area (Å²) in [5.41, 5.74) is 0.446. The molecule has 0 saturated heterocycles. The first-order valence-electron chi connectivity index (χ1n) is 6.55. The molecule has 0 fully saturated rings. The second-order valence-corrected chi connectivity index (χ2v) is 4.61. The van der Waals surface area contributed by atoms with E-state index in [-0.39, 0.29) is 19.6 Å². The molecule has 21 heavy (non-hydrogen) atoms. The van der Waals surface area contributed by atoms with Gasteiger partial charge in [0.2, 0.25) is 0 Å². The molecule has 4 heteroatoms. The highest BCUT2D eigenvalue weighted by Crippen LogP contribution is 2.31. The van der Waals surface area contributed by atoms with Gasteiger partial charge in [-0.15, -0.1) is 6.58 Å². The van der Waals surface area contributed by atoms with Gasteiger partial charge in [-0.05, 0) is 18.4 Å². The molecule has 0 aliphatic heterocycles. The predicted molar refractivity (Wildman–Crippen MR) is 90.6 cm³/mol. The van der Waals surface area contributed by atoms with Gasteiger partial charge in [-0.1, -0.05) is 36.4 Å². The Hall–Kier alpha value is -1.94. The van der Waals surface area contributed by atoms with Gasteiger partial charge < -0.3 is 9.47 Å². The zero-order chi connectivity index (χ0) is 14.5. The van der Waals surface area contributed by atoms with Crippen LogP contribution in [-0.2, 0) is 4.74 Å². The van der Waals surface area contributed by atoms with Crippen molar-refractivity contribution >= 4 is 30.2 Å². The van der Waals surface area contributed by atoms with E-state index < -0.39 is 5.97 Å². The lowest BCUT2D eigenvalue weighted by Gasteiger charge is -2.17. The van der Waals surface area contributed by atoms with Crippen molar-refractivity contribution in [1.82, 2.24) is 0 Å². The fourth-order valence-corrected chi connectivity index (χ4v) is 2.12. The summed E-state index contributed by atoms with van der Waals surface area (Å²) in [6.07, 6.45) is 2.46.